The number of aliphatic hydroxyl groups is 1. The third kappa shape index (κ3) is 3.40. The Morgan fingerprint density at radius 1 is 1.25 bits per heavy atom. The molecule has 0 fully saturated rings. The van der Waals surface area contributed by atoms with Crippen LogP contribution in [0.25, 0.3) is 6.08 Å². The fraction of sp³-hybridized carbons (Fsp3) is 0.263. The molecule has 2 heterocycles. The van der Waals surface area contributed by atoms with Crippen molar-refractivity contribution in [3.8, 4) is 0 Å². The van der Waals surface area contributed by atoms with Crippen LogP contribution in [0, 0.1) is 0 Å². The lowest BCUT2D eigenvalue weighted by Gasteiger charge is -2.23. The van der Waals surface area contributed by atoms with E-state index in [2.05, 4.69) is 4.98 Å². The number of rotatable bonds is 6. The van der Waals surface area contributed by atoms with Crippen LogP contribution in [0.1, 0.15) is 18.9 Å². The molecule has 1 unspecified atom stereocenters. The van der Waals surface area contributed by atoms with Gasteiger partial charge in [-0.15, -0.1) is 0 Å². The molecule has 0 saturated carbocycles. The number of hydrogen-bond acceptors (Lipinski definition) is 3. The molecular weight excluding hydrogens is 302 g/mol. The number of benzene rings is 1. The predicted octanol–water partition coefficient (Wildman–Crippen LogP) is 3.03. The fourth-order valence-corrected chi connectivity index (χ4v) is 2.90. The van der Waals surface area contributed by atoms with E-state index in [0.29, 0.717) is 12.1 Å². The number of aryl methyl sites for hydroxylation is 1. The Labute approximate surface area is 141 Å². The van der Waals surface area contributed by atoms with Crippen LogP contribution < -0.4 is 0 Å². The average molecular weight is 323 g/mol. The Bertz CT molecular complexity index is 748. The molecule has 0 aliphatic carbocycles. The molecule has 0 spiro atoms. The molecule has 124 valence electrons. The maximum atomic E-state index is 12.3. The molecule has 0 saturated heterocycles. The van der Waals surface area contributed by atoms with Gasteiger partial charge in [0.1, 0.15) is 0 Å². The number of nitrogens with zero attached hydrogens (tertiary/aromatic N) is 3. The van der Waals surface area contributed by atoms with Crippen molar-refractivity contribution in [3.63, 3.8) is 0 Å². The number of aliphatic hydroxyl groups excluding tert-OH is 1. The van der Waals surface area contributed by atoms with Gasteiger partial charge >= 0.3 is 0 Å². The van der Waals surface area contributed by atoms with E-state index in [9.17, 15) is 9.90 Å². The van der Waals surface area contributed by atoms with Crippen LogP contribution in [0.15, 0.2) is 66.5 Å². The quantitative estimate of drug-likeness (QED) is 0.889. The summed E-state index contributed by atoms with van der Waals surface area (Å²) in [5.74, 6) is -0.416. The van der Waals surface area contributed by atoms with Gasteiger partial charge in [0.2, 0.25) is 0 Å². The summed E-state index contributed by atoms with van der Waals surface area (Å²) < 4.78 is 1.98. The summed E-state index contributed by atoms with van der Waals surface area (Å²) in [4.78, 5) is 18.0. The van der Waals surface area contributed by atoms with Crippen LogP contribution in [0.4, 0.5) is 0 Å². The Kier molecular flexibility index (Phi) is 4.79. The zero-order chi connectivity index (χ0) is 16.9. The van der Waals surface area contributed by atoms with Gasteiger partial charge in [-0.25, -0.2) is 4.98 Å². The molecule has 1 amide bonds. The Hall–Kier alpha value is -2.82. The summed E-state index contributed by atoms with van der Waals surface area (Å²) in [6.07, 6.45) is 10.2. The molecule has 24 heavy (non-hydrogen) atoms. The van der Waals surface area contributed by atoms with Gasteiger partial charge in [-0.2, -0.15) is 0 Å². The molecule has 0 bridgehead atoms. The van der Waals surface area contributed by atoms with E-state index in [1.165, 1.54) is 0 Å². The Morgan fingerprint density at radius 3 is 2.75 bits per heavy atom. The normalized spacial score (nSPS) is 18.1. The van der Waals surface area contributed by atoms with E-state index in [1.807, 2.05) is 60.2 Å². The molecule has 5 nitrogen and oxygen atoms in total. The summed E-state index contributed by atoms with van der Waals surface area (Å²) in [7, 11) is 0. The van der Waals surface area contributed by atoms with Crippen molar-refractivity contribution >= 4 is 12.0 Å². The molecule has 0 radical (unpaired) electrons. The molecule has 1 aliphatic heterocycles. The number of carbonyl (C=O) groups excluding carboxylic acids is 1. The lowest BCUT2D eigenvalue weighted by Crippen LogP contribution is -2.35. The maximum absolute atomic E-state index is 12.3. The minimum absolute atomic E-state index is 0.125. The van der Waals surface area contributed by atoms with Crippen molar-refractivity contribution < 1.29 is 9.90 Å². The van der Waals surface area contributed by atoms with Crippen molar-refractivity contribution in [2.75, 3.05) is 6.54 Å². The minimum atomic E-state index is -0.291. The van der Waals surface area contributed by atoms with Gasteiger partial charge in [0.25, 0.3) is 5.91 Å². The topological polar surface area (TPSA) is 58.4 Å². The summed E-state index contributed by atoms with van der Waals surface area (Å²) in [6.45, 7) is 3.18. The zero-order valence-corrected chi connectivity index (χ0v) is 13.7. The lowest BCUT2D eigenvalue weighted by atomic mass is 10.1. The Balaban J connectivity index is 1.69. The average Bonchev–Trinajstić information content (AvgIpc) is 3.19. The number of imidazole rings is 1. The first-order chi connectivity index (χ1) is 11.7. The molecule has 1 aliphatic rings. The first kappa shape index (κ1) is 16.1. The highest BCUT2D eigenvalue weighted by molar-refractivity contribution is 5.95. The second kappa shape index (κ2) is 7.17. The second-order valence-corrected chi connectivity index (χ2v) is 5.90. The third-order valence-corrected chi connectivity index (χ3v) is 4.26. The van der Waals surface area contributed by atoms with Crippen LogP contribution in [0.3, 0.4) is 0 Å². The first-order valence-electron chi connectivity index (χ1n) is 8.06. The van der Waals surface area contributed by atoms with Crippen molar-refractivity contribution in [2.45, 2.75) is 25.9 Å². The highest BCUT2D eigenvalue weighted by atomic mass is 16.3. The molecule has 1 N–H and O–H groups in total. The third-order valence-electron chi connectivity index (χ3n) is 4.26. The fourth-order valence-electron chi connectivity index (χ4n) is 2.90. The molecular formula is C19H21N3O2. The van der Waals surface area contributed by atoms with E-state index in [-0.39, 0.29) is 17.7 Å². The van der Waals surface area contributed by atoms with E-state index in [1.54, 1.807) is 17.4 Å². The largest absolute Gasteiger partial charge is 0.503 e. The second-order valence-electron chi connectivity index (χ2n) is 5.90. The summed E-state index contributed by atoms with van der Waals surface area (Å²) in [5, 5.41) is 10.0. The molecule has 1 atom stereocenters. The van der Waals surface area contributed by atoms with Crippen LogP contribution in [0.2, 0.25) is 0 Å². The van der Waals surface area contributed by atoms with E-state index in [4.69, 9.17) is 0 Å². The Morgan fingerprint density at radius 2 is 2.04 bits per heavy atom. The molecule has 5 heteroatoms. The monoisotopic (exact) mass is 323 g/mol. The number of carbonyl (C=O) groups is 1. The lowest BCUT2D eigenvalue weighted by molar-refractivity contribution is -0.128. The standard InChI is InChI=1S/C19H21N3O2/c1-15-17(9-8-16-6-3-2-4-7-16)22(19(24)18(15)23)12-5-11-21-13-10-20-14-21/h2-4,6-10,13-14,17,23H,5,11-12H2,1H3/b9-8+. The van der Waals surface area contributed by atoms with Gasteiger partial charge in [-0.3, -0.25) is 4.79 Å². The van der Waals surface area contributed by atoms with Gasteiger partial charge < -0.3 is 14.6 Å². The summed E-state index contributed by atoms with van der Waals surface area (Å²) >= 11 is 0. The predicted molar refractivity (Wildman–Crippen MR) is 93.1 cm³/mol. The number of aromatic nitrogens is 2. The number of hydrogen-bond donors (Lipinski definition) is 1. The van der Waals surface area contributed by atoms with Crippen LogP contribution in [-0.4, -0.2) is 38.1 Å². The maximum Gasteiger partial charge on any atom is 0.289 e. The first-order valence-corrected chi connectivity index (χ1v) is 8.06. The molecule has 2 aromatic rings. The van der Waals surface area contributed by atoms with Crippen LogP contribution >= 0.6 is 0 Å². The van der Waals surface area contributed by atoms with Crippen molar-refractivity contribution in [1.82, 2.24) is 14.5 Å². The summed E-state index contributed by atoms with van der Waals surface area (Å²) in [6, 6.07) is 9.74. The van der Waals surface area contributed by atoms with Crippen molar-refractivity contribution in [1.29, 1.82) is 0 Å². The number of amides is 1. The van der Waals surface area contributed by atoms with Gasteiger partial charge in [0, 0.05) is 31.1 Å². The highest BCUT2D eigenvalue weighted by Gasteiger charge is 2.35. The molecule has 1 aromatic heterocycles. The van der Waals surface area contributed by atoms with Gasteiger partial charge in [0.15, 0.2) is 5.76 Å². The zero-order valence-electron chi connectivity index (χ0n) is 13.7. The smallest absolute Gasteiger partial charge is 0.289 e. The summed E-state index contributed by atoms with van der Waals surface area (Å²) in [5.41, 5.74) is 1.78. The van der Waals surface area contributed by atoms with Crippen molar-refractivity contribution in [2.24, 2.45) is 0 Å². The van der Waals surface area contributed by atoms with E-state index in [0.717, 1.165) is 18.5 Å². The van der Waals surface area contributed by atoms with E-state index < -0.39 is 0 Å². The van der Waals surface area contributed by atoms with E-state index >= 15 is 0 Å². The highest BCUT2D eigenvalue weighted by Crippen LogP contribution is 2.26. The molecule has 1 aromatic carbocycles. The van der Waals surface area contributed by atoms with Gasteiger partial charge in [0.05, 0.1) is 12.4 Å². The van der Waals surface area contributed by atoms with Crippen molar-refractivity contribution in [3.05, 3.63) is 72.0 Å². The minimum Gasteiger partial charge on any atom is -0.503 e. The van der Waals surface area contributed by atoms with Gasteiger partial charge in [-0.1, -0.05) is 42.5 Å². The molecule has 3 rings (SSSR count). The SMILES string of the molecule is CC1=C(O)C(=O)N(CCCn2ccnc2)C1/C=C/c1ccccc1. The van der Waals surface area contributed by atoms with Crippen LogP contribution in [-0.2, 0) is 11.3 Å². The van der Waals surface area contributed by atoms with Crippen LogP contribution in [0.5, 0.6) is 0 Å². The van der Waals surface area contributed by atoms with Gasteiger partial charge in [-0.05, 0) is 18.9 Å².